The minimum absolute atomic E-state index is 0.0578. The Morgan fingerprint density at radius 2 is 1.87 bits per heavy atom. The van der Waals surface area contributed by atoms with Crippen molar-refractivity contribution in [3.8, 4) is 11.5 Å². The van der Waals surface area contributed by atoms with Gasteiger partial charge in [-0.2, -0.15) is 0 Å². The number of rotatable bonds is 10. The first-order valence-electron chi connectivity index (χ1n) is 13.3. The lowest BCUT2D eigenvalue weighted by Gasteiger charge is -2.38. The molecule has 0 unspecified atom stereocenters. The van der Waals surface area contributed by atoms with Gasteiger partial charge >= 0.3 is 18.0 Å². The SMILES string of the molecule is CCCNC(=O)N1CCCN(CC2=C(C(=O)OCC)[C@@H](c3cccc(OC)c3OC)NC(=O)N2CC)CC1. The lowest BCUT2D eigenvalue weighted by atomic mass is 9.93. The van der Waals surface area contributed by atoms with E-state index in [4.69, 9.17) is 14.2 Å². The number of benzene rings is 1. The number of nitrogens with one attached hydrogen (secondary N) is 2. The summed E-state index contributed by atoms with van der Waals surface area (Å²) in [5.41, 5.74) is 1.56. The van der Waals surface area contributed by atoms with Crippen LogP contribution >= 0.6 is 0 Å². The molecule has 0 spiro atoms. The topological polar surface area (TPSA) is 113 Å². The number of para-hydroxylation sites is 1. The van der Waals surface area contributed by atoms with Crippen LogP contribution in [0, 0.1) is 0 Å². The largest absolute Gasteiger partial charge is 0.493 e. The summed E-state index contributed by atoms with van der Waals surface area (Å²) < 4.78 is 16.6. The molecule has 2 aliphatic heterocycles. The number of amides is 4. The van der Waals surface area contributed by atoms with Crippen LogP contribution in [0.5, 0.6) is 11.5 Å². The highest BCUT2D eigenvalue weighted by Gasteiger charge is 2.40. The van der Waals surface area contributed by atoms with Crippen molar-refractivity contribution in [3.63, 3.8) is 0 Å². The molecule has 2 aliphatic rings. The van der Waals surface area contributed by atoms with Crippen LogP contribution in [0.1, 0.15) is 45.2 Å². The van der Waals surface area contributed by atoms with Gasteiger partial charge in [-0.15, -0.1) is 0 Å². The average molecular weight is 532 g/mol. The standard InChI is InChI=1S/C27H41N5O6/c1-6-13-28-26(34)31-15-10-14-30(16-17-31)18-20-22(25(33)38-8-3)23(29-27(35)32(20)7-2)19-11-9-12-21(36-4)24(19)37-5/h9,11-12,23H,6-8,10,13-18H2,1-5H3,(H,28,34)(H,29,35)/t23-/m1/s1. The first-order valence-corrected chi connectivity index (χ1v) is 13.3. The van der Waals surface area contributed by atoms with E-state index in [0.29, 0.717) is 67.6 Å². The van der Waals surface area contributed by atoms with E-state index >= 15 is 0 Å². The number of urea groups is 2. The Morgan fingerprint density at radius 3 is 2.53 bits per heavy atom. The third-order valence-corrected chi connectivity index (χ3v) is 6.77. The zero-order valence-electron chi connectivity index (χ0n) is 23.2. The molecule has 1 fully saturated rings. The van der Waals surface area contributed by atoms with Crippen molar-refractivity contribution >= 4 is 18.0 Å². The van der Waals surface area contributed by atoms with Crippen LogP contribution in [0.25, 0.3) is 0 Å². The third-order valence-electron chi connectivity index (χ3n) is 6.77. The minimum Gasteiger partial charge on any atom is -0.493 e. The summed E-state index contributed by atoms with van der Waals surface area (Å²) in [4.78, 5) is 44.9. The molecule has 1 atom stereocenters. The molecule has 2 heterocycles. The molecule has 1 saturated heterocycles. The van der Waals surface area contributed by atoms with E-state index in [-0.39, 0.29) is 18.7 Å². The predicted molar refractivity (Wildman–Crippen MR) is 143 cm³/mol. The highest BCUT2D eigenvalue weighted by Crippen LogP contribution is 2.40. The van der Waals surface area contributed by atoms with Crippen LogP contribution in [0.4, 0.5) is 9.59 Å². The molecule has 0 bridgehead atoms. The van der Waals surface area contributed by atoms with Crippen LogP contribution in [0.2, 0.25) is 0 Å². The molecular formula is C27H41N5O6. The summed E-state index contributed by atoms with van der Waals surface area (Å²) in [6.45, 7) is 9.78. The highest BCUT2D eigenvalue weighted by atomic mass is 16.5. The smallest absolute Gasteiger partial charge is 0.338 e. The molecule has 11 nitrogen and oxygen atoms in total. The number of likely N-dealkylation sites (N-methyl/N-ethyl adjacent to an activating group) is 1. The summed E-state index contributed by atoms with van der Waals surface area (Å²) >= 11 is 0. The van der Waals surface area contributed by atoms with Crippen LogP contribution in [0.3, 0.4) is 0 Å². The molecule has 0 aliphatic carbocycles. The molecule has 4 amide bonds. The van der Waals surface area contributed by atoms with Crippen molar-refractivity contribution in [1.29, 1.82) is 0 Å². The van der Waals surface area contributed by atoms with Crippen LogP contribution in [-0.4, -0.2) is 99.4 Å². The van der Waals surface area contributed by atoms with Crippen molar-refractivity contribution < 1.29 is 28.6 Å². The van der Waals surface area contributed by atoms with Crippen LogP contribution in [0.15, 0.2) is 29.5 Å². The second-order valence-corrected chi connectivity index (χ2v) is 9.14. The Balaban J connectivity index is 2.00. The first-order chi connectivity index (χ1) is 18.4. The van der Waals surface area contributed by atoms with Gasteiger partial charge in [0.25, 0.3) is 0 Å². The van der Waals surface area contributed by atoms with E-state index in [2.05, 4.69) is 15.5 Å². The highest BCUT2D eigenvalue weighted by molar-refractivity contribution is 5.95. The fourth-order valence-electron chi connectivity index (χ4n) is 4.92. The van der Waals surface area contributed by atoms with E-state index in [1.165, 1.54) is 7.11 Å². The number of ether oxygens (including phenoxy) is 3. The van der Waals surface area contributed by atoms with Gasteiger partial charge in [-0.3, -0.25) is 9.80 Å². The third kappa shape index (κ3) is 6.50. The Labute approximate surface area is 225 Å². The number of esters is 1. The van der Waals surface area contributed by atoms with E-state index < -0.39 is 12.0 Å². The molecule has 3 rings (SSSR count). The normalized spacial score (nSPS) is 18.6. The molecule has 0 aromatic heterocycles. The van der Waals surface area contributed by atoms with Crippen molar-refractivity contribution in [2.45, 2.75) is 39.7 Å². The maximum absolute atomic E-state index is 13.5. The van der Waals surface area contributed by atoms with Gasteiger partial charge in [0.2, 0.25) is 0 Å². The van der Waals surface area contributed by atoms with Gasteiger partial charge in [0.1, 0.15) is 0 Å². The van der Waals surface area contributed by atoms with E-state index in [1.807, 2.05) is 24.8 Å². The maximum Gasteiger partial charge on any atom is 0.338 e. The van der Waals surface area contributed by atoms with Gasteiger partial charge in [-0.1, -0.05) is 19.1 Å². The zero-order chi connectivity index (χ0) is 27.7. The molecule has 1 aromatic rings. The summed E-state index contributed by atoms with van der Waals surface area (Å²) in [5, 5.41) is 5.93. The van der Waals surface area contributed by atoms with Crippen molar-refractivity contribution in [2.24, 2.45) is 0 Å². The summed E-state index contributed by atoms with van der Waals surface area (Å²) in [7, 11) is 3.07. The quantitative estimate of drug-likeness (QED) is 0.447. The number of carbonyl (C=O) groups is 3. The fraction of sp³-hybridized carbons (Fsp3) is 0.593. The predicted octanol–water partition coefficient (Wildman–Crippen LogP) is 2.73. The minimum atomic E-state index is -0.785. The van der Waals surface area contributed by atoms with Gasteiger partial charge in [0, 0.05) is 57.1 Å². The number of carbonyl (C=O) groups excluding carboxylic acids is 3. The number of nitrogens with zero attached hydrogens (tertiary/aromatic N) is 3. The number of hydrogen-bond acceptors (Lipinski definition) is 7. The zero-order valence-corrected chi connectivity index (χ0v) is 23.2. The molecule has 11 heteroatoms. The second-order valence-electron chi connectivity index (χ2n) is 9.14. The molecular weight excluding hydrogens is 490 g/mol. The Morgan fingerprint density at radius 1 is 1.08 bits per heavy atom. The van der Waals surface area contributed by atoms with Gasteiger partial charge in [0.15, 0.2) is 11.5 Å². The van der Waals surface area contributed by atoms with Crippen LogP contribution < -0.4 is 20.1 Å². The molecule has 210 valence electrons. The molecule has 0 saturated carbocycles. The van der Waals surface area contributed by atoms with Gasteiger partial charge in [-0.25, -0.2) is 14.4 Å². The Bertz CT molecular complexity index is 1030. The number of hydrogen-bond donors (Lipinski definition) is 2. The summed E-state index contributed by atoms with van der Waals surface area (Å²) in [5.74, 6) is 0.442. The molecule has 2 N–H and O–H groups in total. The summed E-state index contributed by atoms with van der Waals surface area (Å²) in [6, 6.07) is 4.22. The lowest BCUT2D eigenvalue weighted by Crippen LogP contribution is -2.51. The Hall–Kier alpha value is -3.47. The lowest BCUT2D eigenvalue weighted by molar-refractivity contribution is -0.139. The van der Waals surface area contributed by atoms with Gasteiger partial charge in [-0.05, 0) is 32.8 Å². The second kappa shape index (κ2) is 13.9. The Kier molecular flexibility index (Phi) is 10.6. The van der Waals surface area contributed by atoms with E-state index in [0.717, 1.165) is 19.4 Å². The van der Waals surface area contributed by atoms with Gasteiger partial charge in [0.05, 0.1) is 32.4 Å². The first kappa shape index (κ1) is 29.1. The monoisotopic (exact) mass is 531 g/mol. The number of methoxy groups -OCH3 is 2. The fourth-order valence-corrected chi connectivity index (χ4v) is 4.92. The average Bonchev–Trinajstić information content (AvgIpc) is 3.16. The molecule has 1 aromatic carbocycles. The van der Waals surface area contributed by atoms with E-state index in [9.17, 15) is 14.4 Å². The van der Waals surface area contributed by atoms with Crippen molar-refractivity contribution in [1.82, 2.24) is 25.3 Å². The summed E-state index contributed by atoms with van der Waals surface area (Å²) in [6.07, 6.45) is 1.66. The molecule has 38 heavy (non-hydrogen) atoms. The van der Waals surface area contributed by atoms with Crippen molar-refractivity contribution in [2.75, 3.05) is 66.6 Å². The van der Waals surface area contributed by atoms with Crippen molar-refractivity contribution in [3.05, 3.63) is 35.0 Å². The maximum atomic E-state index is 13.5. The van der Waals surface area contributed by atoms with E-state index in [1.54, 1.807) is 31.1 Å². The van der Waals surface area contributed by atoms with Crippen LogP contribution in [-0.2, 0) is 9.53 Å². The van der Waals surface area contributed by atoms with Gasteiger partial charge < -0.3 is 29.7 Å². The molecule has 0 radical (unpaired) electrons.